The lowest BCUT2D eigenvalue weighted by Gasteiger charge is -2.30. The molecule has 0 aromatic carbocycles. The third-order valence-electron chi connectivity index (χ3n) is 4.47. The summed E-state index contributed by atoms with van der Waals surface area (Å²) in [4.78, 5) is 0. The van der Waals surface area contributed by atoms with E-state index in [4.69, 9.17) is 0 Å². The van der Waals surface area contributed by atoms with Crippen molar-refractivity contribution in [2.45, 2.75) is 53.9 Å². The van der Waals surface area contributed by atoms with Crippen LogP contribution in [0.15, 0.2) is 0 Å². The molecular formula is C12H24. The highest BCUT2D eigenvalue weighted by Gasteiger charge is 2.43. The van der Waals surface area contributed by atoms with E-state index in [-0.39, 0.29) is 0 Å². The number of rotatable bonds is 2. The van der Waals surface area contributed by atoms with Crippen LogP contribution in [-0.2, 0) is 0 Å². The normalized spacial score (nSPS) is 40.2. The average molecular weight is 168 g/mol. The van der Waals surface area contributed by atoms with Gasteiger partial charge < -0.3 is 0 Å². The zero-order valence-electron chi connectivity index (χ0n) is 9.35. The van der Waals surface area contributed by atoms with E-state index in [0.717, 1.165) is 17.8 Å². The molecule has 0 aromatic heterocycles. The van der Waals surface area contributed by atoms with Crippen molar-refractivity contribution in [3.8, 4) is 0 Å². The van der Waals surface area contributed by atoms with Crippen LogP contribution in [0.1, 0.15) is 53.9 Å². The van der Waals surface area contributed by atoms with Gasteiger partial charge in [0.25, 0.3) is 0 Å². The maximum Gasteiger partial charge on any atom is -0.0300 e. The van der Waals surface area contributed by atoms with Gasteiger partial charge in [0.05, 0.1) is 0 Å². The second kappa shape index (κ2) is 3.40. The van der Waals surface area contributed by atoms with Crippen LogP contribution in [0, 0.1) is 23.2 Å². The van der Waals surface area contributed by atoms with Gasteiger partial charge in [0.1, 0.15) is 0 Å². The predicted molar refractivity (Wildman–Crippen MR) is 55.1 cm³/mol. The molecule has 0 saturated heterocycles. The fourth-order valence-electron chi connectivity index (χ4n) is 2.76. The summed E-state index contributed by atoms with van der Waals surface area (Å²) in [6, 6.07) is 0. The SMILES string of the molecule is CCCC1CC(C)C(C)(C)C1C. The summed E-state index contributed by atoms with van der Waals surface area (Å²) in [5.74, 6) is 2.84. The van der Waals surface area contributed by atoms with Crippen LogP contribution in [0.3, 0.4) is 0 Å². The fraction of sp³-hybridized carbons (Fsp3) is 1.00. The number of hydrogen-bond donors (Lipinski definition) is 0. The molecule has 3 atom stereocenters. The van der Waals surface area contributed by atoms with Gasteiger partial charge in [-0.25, -0.2) is 0 Å². The molecular weight excluding hydrogens is 144 g/mol. The first-order chi connectivity index (χ1) is 5.50. The zero-order chi connectivity index (χ0) is 9.35. The summed E-state index contributed by atoms with van der Waals surface area (Å²) in [6.45, 7) is 12.1. The molecule has 0 heterocycles. The maximum atomic E-state index is 2.45. The molecule has 0 amide bonds. The minimum absolute atomic E-state index is 0.583. The molecule has 1 fully saturated rings. The summed E-state index contributed by atoms with van der Waals surface area (Å²) in [5.41, 5.74) is 0.583. The Balaban J connectivity index is 2.63. The molecule has 0 aromatic rings. The molecule has 0 nitrogen and oxygen atoms in total. The van der Waals surface area contributed by atoms with Crippen molar-refractivity contribution < 1.29 is 0 Å². The molecule has 72 valence electrons. The lowest BCUT2D eigenvalue weighted by molar-refractivity contribution is 0.191. The van der Waals surface area contributed by atoms with Crippen LogP contribution in [0.4, 0.5) is 0 Å². The van der Waals surface area contributed by atoms with E-state index in [9.17, 15) is 0 Å². The second-order valence-corrected chi connectivity index (χ2v) is 5.30. The van der Waals surface area contributed by atoms with E-state index < -0.39 is 0 Å². The fourth-order valence-corrected chi connectivity index (χ4v) is 2.76. The molecule has 3 unspecified atom stereocenters. The predicted octanol–water partition coefficient (Wildman–Crippen LogP) is 4.10. The van der Waals surface area contributed by atoms with Crippen LogP contribution in [-0.4, -0.2) is 0 Å². The van der Waals surface area contributed by atoms with E-state index in [1.54, 1.807) is 0 Å². The monoisotopic (exact) mass is 168 g/mol. The first kappa shape index (κ1) is 10.1. The van der Waals surface area contributed by atoms with Crippen molar-refractivity contribution in [3.05, 3.63) is 0 Å². The first-order valence-corrected chi connectivity index (χ1v) is 5.50. The molecule has 1 rings (SSSR count). The molecule has 1 saturated carbocycles. The molecule has 0 aliphatic heterocycles. The highest BCUT2D eigenvalue weighted by atomic mass is 14.5. The number of hydrogen-bond acceptors (Lipinski definition) is 0. The topological polar surface area (TPSA) is 0 Å². The van der Waals surface area contributed by atoms with Crippen molar-refractivity contribution in [2.75, 3.05) is 0 Å². The van der Waals surface area contributed by atoms with Gasteiger partial charge in [-0.1, -0.05) is 47.5 Å². The Morgan fingerprint density at radius 1 is 1.25 bits per heavy atom. The summed E-state index contributed by atoms with van der Waals surface area (Å²) in [7, 11) is 0. The Hall–Kier alpha value is 0. The minimum atomic E-state index is 0.583. The van der Waals surface area contributed by atoms with Gasteiger partial charge in [0, 0.05) is 0 Å². The molecule has 0 radical (unpaired) electrons. The standard InChI is InChI=1S/C12H24/c1-6-7-11-8-9(2)12(4,5)10(11)3/h9-11H,6-8H2,1-5H3. The first-order valence-electron chi connectivity index (χ1n) is 5.50. The lowest BCUT2D eigenvalue weighted by atomic mass is 9.75. The van der Waals surface area contributed by atoms with Gasteiger partial charge in [-0.3, -0.25) is 0 Å². The molecule has 0 spiro atoms. The minimum Gasteiger partial charge on any atom is -0.0654 e. The molecule has 1 aliphatic rings. The van der Waals surface area contributed by atoms with Crippen molar-refractivity contribution in [1.29, 1.82) is 0 Å². The highest BCUT2D eigenvalue weighted by molar-refractivity contribution is 4.92. The Bertz CT molecular complexity index is 146. The Kier molecular flexibility index (Phi) is 2.85. The average Bonchev–Trinajstić information content (AvgIpc) is 2.17. The van der Waals surface area contributed by atoms with Crippen LogP contribution < -0.4 is 0 Å². The van der Waals surface area contributed by atoms with Crippen LogP contribution >= 0.6 is 0 Å². The van der Waals surface area contributed by atoms with Gasteiger partial charge in [-0.05, 0) is 29.6 Å². The van der Waals surface area contributed by atoms with E-state index in [1.165, 1.54) is 19.3 Å². The van der Waals surface area contributed by atoms with Crippen molar-refractivity contribution >= 4 is 0 Å². The van der Waals surface area contributed by atoms with Gasteiger partial charge in [-0.15, -0.1) is 0 Å². The Morgan fingerprint density at radius 2 is 1.83 bits per heavy atom. The lowest BCUT2D eigenvalue weighted by Crippen LogP contribution is -2.23. The van der Waals surface area contributed by atoms with E-state index in [2.05, 4.69) is 34.6 Å². The van der Waals surface area contributed by atoms with Crippen molar-refractivity contribution in [2.24, 2.45) is 23.2 Å². The van der Waals surface area contributed by atoms with Gasteiger partial charge >= 0.3 is 0 Å². The zero-order valence-corrected chi connectivity index (χ0v) is 9.35. The third-order valence-corrected chi connectivity index (χ3v) is 4.47. The van der Waals surface area contributed by atoms with Crippen LogP contribution in [0.25, 0.3) is 0 Å². The quantitative estimate of drug-likeness (QED) is 0.582. The maximum absolute atomic E-state index is 2.45. The van der Waals surface area contributed by atoms with Gasteiger partial charge in [-0.2, -0.15) is 0 Å². The van der Waals surface area contributed by atoms with E-state index in [1.807, 2.05) is 0 Å². The molecule has 12 heavy (non-hydrogen) atoms. The van der Waals surface area contributed by atoms with Crippen LogP contribution in [0.5, 0.6) is 0 Å². The smallest absolute Gasteiger partial charge is 0.0300 e. The summed E-state index contributed by atoms with van der Waals surface area (Å²) < 4.78 is 0. The largest absolute Gasteiger partial charge is 0.0654 e. The van der Waals surface area contributed by atoms with Crippen LogP contribution in [0.2, 0.25) is 0 Å². The van der Waals surface area contributed by atoms with E-state index in [0.29, 0.717) is 5.41 Å². The second-order valence-electron chi connectivity index (χ2n) is 5.30. The molecule has 0 N–H and O–H groups in total. The highest BCUT2D eigenvalue weighted by Crippen LogP contribution is 2.51. The summed E-state index contributed by atoms with van der Waals surface area (Å²) in [5, 5.41) is 0. The summed E-state index contributed by atoms with van der Waals surface area (Å²) in [6.07, 6.45) is 4.26. The molecule has 0 heteroatoms. The van der Waals surface area contributed by atoms with Gasteiger partial charge in [0.2, 0.25) is 0 Å². The van der Waals surface area contributed by atoms with E-state index >= 15 is 0 Å². The third kappa shape index (κ3) is 1.53. The van der Waals surface area contributed by atoms with Crippen molar-refractivity contribution in [1.82, 2.24) is 0 Å². The molecule has 1 aliphatic carbocycles. The van der Waals surface area contributed by atoms with Gasteiger partial charge in [0.15, 0.2) is 0 Å². The Morgan fingerprint density at radius 3 is 2.17 bits per heavy atom. The molecule has 0 bridgehead atoms. The Labute approximate surface area is 77.7 Å². The van der Waals surface area contributed by atoms with Crippen molar-refractivity contribution in [3.63, 3.8) is 0 Å². The summed E-state index contributed by atoms with van der Waals surface area (Å²) >= 11 is 0.